The number of hydrogen-bond acceptors (Lipinski definition) is 4. The summed E-state index contributed by atoms with van der Waals surface area (Å²) in [6.45, 7) is 10.2. The van der Waals surface area contributed by atoms with E-state index in [1.165, 1.54) is 0 Å². The van der Waals surface area contributed by atoms with Crippen LogP contribution in [0.4, 0.5) is 4.79 Å². The first-order chi connectivity index (χ1) is 7.26. The number of rotatable bonds is 1. The Morgan fingerprint density at radius 1 is 1.56 bits per heavy atom. The van der Waals surface area contributed by atoms with Gasteiger partial charge in [-0.15, -0.1) is 0 Å². The first kappa shape index (κ1) is 13.3. The topological polar surface area (TPSA) is 67.6 Å². The molecule has 1 atom stereocenters. The highest BCUT2D eigenvalue weighted by Gasteiger charge is 2.33. The van der Waals surface area contributed by atoms with Crippen LogP contribution in [-0.2, 0) is 4.74 Å². The first-order valence-electron chi connectivity index (χ1n) is 5.69. The number of nitrogens with two attached hydrogens (primary N) is 1. The molecule has 0 aromatic carbocycles. The minimum atomic E-state index is -0.443. The van der Waals surface area contributed by atoms with E-state index < -0.39 is 5.60 Å². The molecule has 16 heavy (non-hydrogen) atoms. The molecule has 0 aromatic rings. The summed E-state index contributed by atoms with van der Waals surface area (Å²) in [5, 5.41) is 3.32. The van der Waals surface area contributed by atoms with E-state index in [4.69, 9.17) is 10.5 Å². The molecule has 1 aliphatic heterocycles. The highest BCUT2D eigenvalue weighted by atomic mass is 16.6. The van der Waals surface area contributed by atoms with Gasteiger partial charge in [-0.25, -0.2) is 4.79 Å². The molecular weight excluding hydrogens is 206 g/mol. The van der Waals surface area contributed by atoms with Gasteiger partial charge in [-0.05, 0) is 27.7 Å². The fourth-order valence-electron chi connectivity index (χ4n) is 1.67. The first-order valence-corrected chi connectivity index (χ1v) is 5.69. The van der Waals surface area contributed by atoms with Gasteiger partial charge in [-0.2, -0.15) is 0 Å². The third-order valence-corrected chi connectivity index (χ3v) is 2.58. The van der Waals surface area contributed by atoms with E-state index in [2.05, 4.69) is 5.32 Å². The second-order valence-electron chi connectivity index (χ2n) is 5.59. The molecule has 1 rings (SSSR count). The van der Waals surface area contributed by atoms with Crippen LogP contribution in [0.5, 0.6) is 0 Å². The summed E-state index contributed by atoms with van der Waals surface area (Å²) in [5.74, 6) is 0. The summed E-state index contributed by atoms with van der Waals surface area (Å²) in [5.41, 5.74) is 5.04. The monoisotopic (exact) mass is 229 g/mol. The predicted octanol–water partition coefficient (Wildman–Crippen LogP) is 0.544. The number of hydrogen-bond donors (Lipinski definition) is 2. The van der Waals surface area contributed by atoms with Gasteiger partial charge in [0, 0.05) is 31.7 Å². The zero-order chi connectivity index (χ0) is 12.4. The molecular formula is C11H23N3O2. The predicted molar refractivity (Wildman–Crippen MR) is 63.3 cm³/mol. The minimum Gasteiger partial charge on any atom is -0.444 e. The van der Waals surface area contributed by atoms with Gasteiger partial charge in [-0.1, -0.05) is 0 Å². The second-order valence-corrected chi connectivity index (χ2v) is 5.59. The number of amides is 1. The number of carbonyl (C=O) groups excluding carboxylic acids is 1. The van der Waals surface area contributed by atoms with Gasteiger partial charge in [-0.3, -0.25) is 0 Å². The van der Waals surface area contributed by atoms with E-state index in [0.29, 0.717) is 19.6 Å². The normalized spacial score (nSPS) is 26.7. The van der Waals surface area contributed by atoms with E-state index in [1.54, 1.807) is 4.90 Å². The largest absolute Gasteiger partial charge is 0.444 e. The van der Waals surface area contributed by atoms with Gasteiger partial charge in [0.1, 0.15) is 5.60 Å². The summed E-state index contributed by atoms with van der Waals surface area (Å²) in [7, 11) is 0. The van der Waals surface area contributed by atoms with Gasteiger partial charge in [0.2, 0.25) is 0 Å². The zero-order valence-electron chi connectivity index (χ0n) is 10.7. The third-order valence-electron chi connectivity index (χ3n) is 2.58. The van der Waals surface area contributed by atoms with Gasteiger partial charge in [0.15, 0.2) is 0 Å². The van der Waals surface area contributed by atoms with Crippen molar-refractivity contribution in [2.75, 3.05) is 26.2 Å². The number of piperazine rings is 1. The summed E-state index contributed by atoms with van der Waals surface area (Å²) >= 11 is 0. The van der Waals surface area contributed by atoms with Crippen LogP contribution in [0, 0.1) is 0 Å². The Bertz CT molecular complexity index is 262. The van der Waals surface area contributed by atoms with Crippen LogP contribution in [0.25, 0.3) is 0 Å². The number of nitrogens with zero attached hydrogens (tertiary/aromatic N) is 1. The van der Waals surface area contributed by atoms with Gasteiger partial charge >= 0.3 is 6.09 Å². The number of ether oxygens (including phenoxy) is 1. The average Bonchev–Trinajstić information content (AvgIpc) is 2.15. The number of carbonyl (C=O) groups is 1. The van der Waals surface area contributed by atoms with Gasteiger partial charge in [0.05, 0.1) is 0 Å². The lowest BCUT2D eigenvalue weighted by Gasteiger charge is -2.41. The summed E-state index contributed by atoms with van der Waals surface area (Å²) < 4.78 is 5.33. The lowest BCUT2D eigenvalue weighted by molar-refractivity contribution is 0.0143. The van der Waals surface area contributed by atoms with E-state index in [1.807, 2.05) is 27.7 Å². The van der Waals surface area contributed by atoms with Crippen molar-refractivity contribution in [2.24, 2.45) is 5.73 Å². The molecule has 1 amide bonds. The van der Waals surface area contributed by atoms with Crippen molar-refractivity contribution in [3.05, 3.63) is 0 Å². The van der Waals surface area contributed by atoms with Crippen molar-refractivity contribution < 1.29 is 9.53 Å². The van der Waals surface area contributed by atoms with Gasteiger partial charge in [0.25, 0.3) is 0 Å². The Morgan fingerprint density at radius 3 is 2.69 bits per heavy atom. The quantitative estimate of drug-likeness (QED) is 0.689. The molecule has 0 aliphatic carbocycles. The molecule has 94 valence electrons. The van der Waals surface area contributed by atoms with E-state index in [9.17, 15) is 4.79 Å². The maximum absolute atomic E-state index is 11.9. The molecule has 0 radical (unpaired) electrons. The summed E-state index contributed by atoms with van der Waals surface area (Å²) in [6.07, 6.45) is -0.256. The van der Waals surface area contributed by atoms with E-state index in [0.717, 1.165) is 6.54 Å². The fourth-order valence-corrected chi connectivity index (χ4v) is 1.67. The minimum absolute atomic E-state index is 0.199. The summed E-state index contributed by atoms with van der Waals surface area (Å²) in [4.78, 5) is 13.6. The van der Waals surface area contributed by atoms with Crippen molar-refractivity contribution >= 4 is 6.09 Å². The van der Waals surface area contributed by atoms with Crippen molar-refractivity contribution in [1.82, 2.24) is 10.2 Å². The third kappa shape index (κ3) is 3.64. The Morgan fingerprint density at radius 2 is 2.19 bits per heavy atom. The SMILES string of the molecule is CC1(CN)CN(C(=O)OC(C)(C)C)CCN1. The van der Waals surface area contributed by atoms with Crippen LogP contribution < -0.4 is 11.1 Å². The van der Waals surface area contributed by atoms with Crippen molar-refractivity contribution in [2.45, 2.75) is 38.8 Å². The molecule has 0 aromatic heterocycles. The standard InChI is InChI=1S/C11H23N3O2/c1-10(2,3)16-9(15)14-6-5-13-11(4,7-12)8-14/h13H,5-8,12H2,1-4H3. The van der Waals surface area contributed by atoms with Crippen molar-refractivity contribution in [3.8, 4) is 0 Å². The van der Waals surface area contributed by atoms with Crippen LogP contribution >= 0.6 is 0 Å². The lowest BCUT2D eigenvalue weighted by Crippen LogP contribution is -2.63. The van der Waals surface area contributed by atoms with E-state index in [-0.39, 0.29) is 11.6 Å². The Hall–Kier alpha value is -0.810. The highest BCUT2D eigenvalue weighted by molar-refractivity contribution is 5.68. The van der Waals surface area contributed by atoms with Gasteiger partial charge < -0.3 is 20.7 Å². The lowest BCUT2D eigenvalue weighted by atomic mass is 10.00. The average molecular weight is 229 g/mol. The molecule has 5 nitrogen and oxygen atoms in total. The van der Waals surface area contributed by atoms with Crippen LogP contribution in [0.3, 0.4) is 0 Å². The Balaban J connectivity index is 2.57. The zero-order valence-corrected chi connectivity index (χ0v) is 10.7. The van der Waals surface area contributed by atoms with E-state index >= 15 is 0 Å². The van der Waals surface area contributed by atoms with Crippen LogP contribution in [0.1, 0.15) is 27.7 Å². The van der Waals surface area contributed by atoms with Crippen LogP contribution in [0.15, 0.2) is 0 Å². The molecule has 3 N–H and O–H groups in total. The Labute approximate surface area is 97.3 Å². The molecule has 1 saturated heterocycles. The van der Waals surface area contributed by atoms with Crippen LogP contribution in [-0.4, -0.2) is 48.3 Å². The molecule has 0 bridgehead atoms. The molecule has 0 spiro atoms. The van der Waals surface area contributed by atoms with Crippen molar-refractivity contribution in [3.63, 3.8) is 0 Å². The Kier molecular flexibility index (Phi) is 3.80. The molecule has 1 unspecified atom stereocenters. The second kappa shape index (κ2) is 4.59. The maximum Gasteiger partial charge on any atom is 0.410 e. The van der Waals surface area contributed by atoms with Crippen LogP contribution in [0.2, 0.25) is 0 Å². The summed E-state index contributed by atoms with van der Waals surface area (Å²) in [6, 6.07) is 0. The highest BCUT2D eigenvalue weighted by Crippen LogP contribution is 2.14. The fraction of sp³-hybridized carbons (Fsp3) is 0.909. The molecule has 5 heteroatoms. The smallest absolute Gasteiger partial charge is 0.410 e. The van der Waals surface area contributed by atoms with Crippen molar-refractivity contribution in [1.29, 1.82) is 0 Å². The molecule has 1 aliphatic rings. The maximum atomic E-state index is 11.9. The molecule has 1 heterocycles. The number of nitrogens with one attached hydrogen (secondary N) is 1. The molecule has 0 saturated carbocycles. The molecule has 1 fully saturated rings.